The van der Waals surface area contributed by atoms with Crippen LogP contribution >= 0.6 is 15.9 Å². The molecule has 0 saturated heterocycles. The normalized spacial score (nSPS) is 27.2. The third-order valence-electron chi connectivity index (χ3n) is 3.82. The zero-order valence-corrected chi connectivity index (χ0v) is 14.1. The molecule has 0 radical (unpaired) electrons. The molecule has 0 amide bonds. The van der Waals surface area contributed by atoms with Gasteiger partial charge in [-0.2, -0.15) is 0 Å². The zero-order chi connectivity index (χ0) is 16.2. The van der Waals surface area contributed by atoms with E-state index < -0.39 is 43.1 Å². The van der Waals surface area contributed by atoms with Gasteiger partial charge in [0, 0.05) is 0 Å². The van der Waals surface area contributed by atoms with Crippen molar-refractivity contribution in [3.63, 3.8) is 0 Å². The van der Waals surface area contributed by atoms with Gasteiger partial charge in [0.1, 0.15) is 27.8 Å². The highest BCUT2D eigenvalue weighted by molar-refractivity contribution is 9.10. The number of amidine groups is 1. The lowest BCUT2D eigenvalue weighted by atomic mass is 9.92. The van der Waals surface area contributed by atoms with Crippen LogP contribution in [-0.2, 0) is 15.4 Å². The predicted molar refractivity (Wildman–Crippen MR) is 80.9 cm³/mol. The van der Waals surface area contributed by atoms with Crippen molar-refractivity contribution >= 4 is 31.6 Å². The lowest BCUT2D eigenvalue weighted by Crippen LogP contribution is -2.55. The van der Waals surface area contributed by atoms with Crippen LogP contribution in [0.3, 0.4) is 0 Å². The maximum Gasteiger partial charge on any atom is 0.165 e. The Balaban J connectivity index is 2.77. The number of hydrogen-bond donors (Lipinski definition) is 1. The van der Waals surface area contributed by atoms with E-state index in [2.05, 4.69) is 20.9 Å². The summed E-state index contributed by atoms with van der Waals surface area (Å²) in [5.74, 6) is -2.40. The molecule has 0 unspecified atom stereocenters. The highest BCUT2D eigenvalue weighted by Crippen LogP contribution is 2.40. The van der Waals surface area contributed by atoms with Crippen molar-refractivity contribution in [2.45, 2.75) is 31.1 Å². The van der Waals surface area contributed by atoms with Gasteiger partial charge < -0.3 is 5.73 Å². The molecule has 0 aliphatic carbocycles. The second-order valence-corrected chi connectivity index (χ2v) is 9.15. The van der Waals surface area contributed by atoms with E-state index in [1.165, 1.54) is 26.8 Å². The Morgan fingerprint density at radius 1 is 1.29 bits per heavy atom. The van der Waals surface area contributed by atoms with Gasteiger partial charge in [0.2, 0.25) is 0 Å². The fourth-order valence-corrected chi connectivity index (χ4v) is 4.30. The minimum Gasteiger partial charge on any atom is -0.386 e. The molecule has 0 fully saturated rings. The number of nitrogens with two attached hydrogens (primary N) is 1. The van der Waals surface area contributed by atoms with E-state index in [1.807, 2.05) is 0 Å². The number of rotatable bonds is 1. The van der Waals surface area contributed by atoms with Crippen molar-refractivity contribution in [2.75, 3.05) is 5.75 Å². The lowest BCUT2D eigenvalue weighted by Gasteiger charge is -2.38. The molecule has 0 aromatic heterocycles. The molecule has 1 aromatic rings. The topological polar surface area (TPSA) is 72.5 Å². The third kappa shape index (κ3) is 2.38. The van der Waals surface area contributed by atoms with Crippen molar-refractivity contribution in [3.05, 3.63) is 33.8 Å². The number of aliphatic imine (C=N–C) groups is 1. The first-order chi connectivity index (χ1) is 9.42. The van der Waals surface area contributed by atoms with Crippen LogP contribution in [0.5, 0.6) is 0 Å². The van der Waals surface area contributed by atoms with Gasteiger partial charge in [0.25, 0.3) is 0 Å². The van der Waals surface area contributed by atoms with Crippen molar-refractivity contribution in [3.8, 4) is 0 Å². The third-order valence-corrected chi connectivity index (χ3v) is 7.13. The van der Waals surface area contributed by atoms with Gasteiger partial charge in [0.15, 0.2) is 9.84 Å². The molecule has 4 nitrogen and oxygen atoms in total. The number of benzene rings is 1. The lowest BCUT2D eigenvalue weighted by molar-refractivity contribution is 0.444. The van der Waals surface area contributed by atoms with E-state index in [1.54, 1.807) is 0 Å². The SMILES string of the molecule is CC1(C)C(N)=N[C@](C)(c2c(F)ccc(Br)c2F)CS1(=O)=O. The first-order valence-electron chi connectivity index (χ1n) is 6.14. The molecule has 0 spiro atoms. The number of nitrogens with zero attached hydrogens (tertiary/aromatic N) is 1. The molecule has 21 heavy (non-hydrogen) atoms. The Kier molecular flexibility index (Phi) is 3.69. The fraction of sp³-hybridized carbons (Fsp3) is 0.462. The smallest absolute Gasteiger partial charge is 0.165 e. The molecule has 1 aliphatic rings. The molecule has 1 heterocycles. The summed E-state index contributed by atoms with van der Waals surface area (Å²) in [5.41, 5.74) is 3.75. The molecule has 0 saturated carbocycles. The van der Waals surface area contributed by atoms with Crippen LogP contribution in [0.2, 0.25) is 0 Å². The van der Waals surface area contributed by atoms with Gasteiger partial charge >= 0.3 is 0 Å². The fourth-order valence-electron chi connectivity index (χ4n) is 2.29. The molecule has 1 aromatic carbocycles. The quantitative estimate of drug-likeness (QED) is 0.760. The van der Waals surface area contributed by atoms with Crippen molar-refractivity contribution < 1.29 is 17.2 Å². The monoisotopic (exact) mass is 380 g/mol. The molecule has 116 valence electrons. The maximum atomic E-state index is 14.3. The molecule has 1 aliphatic heterocycles. The van der Waals surface area contributed by atoms with Crippen LogP contribution in [0.25, 0.3) is 0 Å². The molecule has 1 atom stereocenters. The average Bonchev–Trinajstić information content (AvgIpc) is 2.31. The highest BCUT2D eigenvalue weighted by atomic mass is 79.9. The first kappa shape index (κ1) is 16.4. The molecular formula is C13H15BrF2N2O2S. The van der Waals surface area contributed by atoms with Gasteiger partial charge in [-0.3, -0.25) is 4.99 Å². The second-order valence-electron chi connectivity index (χ2n) is 5.76. The summed E-state index contributed by atoms with van der Waals surface area (Å²) in [4.78, 5) is 4.11. The van der Waals surface area contributed by atoms with Crippen molar-refractivity contribution in [1.29, 1.82) is 0 Å². The molecule has 2 rings (SSSR count). The Hall–Kier alpha value is -1.02. The van der Waals surface area contributed by atoms with Gasteiger partial charge in [-0.15, -0.1) is 0 Å². The summed E-state index contributed by atoms with van der Waals surface area (Å²) in [6.07, 6.45) is 0. The van der Waals surface area contributed by atoms with Crippen molar-refractivity contribution in [1.82, 2.24) is 0 Å². The van der Waals surface area contributed by atoms with Crippen molar-refractivity contribution in [2.24, 2.45) is 10.7 Å². The molecule has 0 bridgehead atoms. The van der Waals surface area contributed by atoms with Crippen LogP contribution in [0, 0.1) is 11.6 Å². The van der Waals surface area contributed by atoms with Crippen LogP contribution in [-0.4, -0.2) is 24.8 Å². The Labute approximate surface area is 130 Å². The Bertz CT molecular complexity index is 747. The van der Waals surface area contributed by atoms with Crippen LogP contribution in [0.15, 0.2) is 21.6 Å². The zero-order valence-electron chi connectivity index (χ0n) is 11.7. The summed E-state index contributed by atoms with van der Waals surface area (Å²) in [5, 5.41) is 0. The molecular weight excluding hydrogens is 366 g/mol. The van der Waals surface area contributed by atoms with E-state index in [-0.39, 0.29) is 10.3 Å². The van der Waals surface area contributed by atoms with E-state index in [9.17, 15) is 17.2 Å². The Morgan fingerprint density at radius 3 is 2.38 bits per heavy atom. The van der Waals surface area contributed by atoms with Gasteiger partial charge in [-0.1, -0.05) is 0 Å². The highest BCUT2D eigenvalue weighted by Gasteiger charge is 2.50. The predicted octanol–water partition coefficient (Wildman–Crippen LogP) is 2.51. The summed E-state index contributed by atoms with van der Waals surface area (Å²) in [7, 11) is -3.72. The Morgan fingerprint density at radius 2 is 1.86 bits per heavy atom. The van der Waals surface area contributed by atoms with Crippen LogP contribution < -0.4 is 5.73 Å². The minimum atomic E-state index is -3.72. The number of sulfone groups is 1. The number of halogens is 3. The standard InChI is InChI=1S/C13H15BrF2N2O2S/c1-12(2)11(17)18-13(3,6-21(12,19)20)9-8(15)5-4-7(14)10(9)16/h4-5H,6H2,1-3H3,(H2,17,18)/t13-/m0/s1. The van der Waals surface area contributed by atoms with E-state index >= 15 is 0 Å². The van der Waals surface area contributed by atoms with E-state index in [4.69, 9.17) is 5.73 Å². The minimum absolute atomic E-state index is 0.0381. The van der Waals surface area contributed by atoms with Gasteiger partial charge in [-0.25, -0.2) is 17.2 Å². The van der Waals surface area contributed by atoms with E-state index in [0.29, 0.717) is 0 Å². The average molecular weight is 381 g/mol. The molecule has 8 heteroatoms. The number of hydrogen-bond acceptors (Lipinski definition) is 4. The van der Waals surface area contributed by atoms with Gasteiger partial charge in [0.05, 0.1) is 15.8 Å². The van der Waals surface area contributed by atoms with Crippen LogP contribution in [0.4, 0.5) is 8.78 Å². The van der Waals surface area contributed by atoms with Gasteiger partial charge in [-0.05, 0) is 48.8 Å². The summed E-state index contributed by atoms with van der Waals surface area (Å²) < 4.78 is 51.8. The first-order valence-corrected chi connectivity index (χ1v) is 8.59. The maximum absolute atomic E-state index is 14.3. The van der Waals surface area contributed by atoms with E-state index in [0.717, 1.165) is 6.07 Å². The largest absolute Gasteiger partial charge is 0.386 e. The summed E-state index contributed by atoms with van der Waals surface area (Å²) in [6.45, 7) is 4.21. The summed E-state index contributed by atoms with van der Waals surface area (Å²) >= 11 is 2.97. The second kappa shape index (κ2) is 4.74. The summed E-state index contributed by atoms with van der Waals surface area (Å²) in [6, 6.07) is 2.28. The van der Waals surface area contributed by atoms with Crippen LogP contribution in [0.1, 0.15) is 26.3 Å². The molecule has 2 N–H and O–H groups in total.